The largest absolute Gasteiger partial charge is 0.310 e. The average Bonchev–Trinajstić information content (AvgIpc) is 2.85. The maximum atomic E-state index is 12.8. The normalized spacial score (nSPS) is 17.4. The predicted octanol–water partition coefficient (Wildman–Crippen LogP) is 3.65. The Bertz CT molecular complexity index is 547. The number of aryl methyl sites for hydroxylation is 1. The molecule has 1 N–H and O–H groups in total. The van der Waals surface area contributed by atoms with Gasteiger partial charge in [-0.3, -0.25) is 0 Å². The number of hydrogen-bond acceptors (Lipinski definition) is 1. The summed E-state index contributed by atoms with van der Waals surface area (Å²) >= 11 is 0. The summed E-state index contributed by atoms with van der Waals surface area (Å²) in [6.45, 7) is 0.935. The average molecular weight is 255 g/mol. The van der Waals surface area contributed by atoms with Crippen LogP contribution in [0.4, 0.5) is 4.39 Å². The third-order valence-electron chi connectivity index (χ3n) is 3.85. The van der Waals surface area contributed by atoms with E-state index in [1.165, 1.54) is 41.7 Å². The number of halogens is 1. The molecule has 98 valence electrons. The zero-order valence-electron chi connectivity index (χ0n) is 10.9. The number of hydrogen-bond donors (Lipinski definition) is 1. The van der Waals surface area contributed by atoms with Gasteiger partial charge in [0.05, 0.1) is 0 Å². The van der Waals surface area contributed by atoms with E-state index >= 15 is 0 Å². The Kier molecular flexibility index (Phi) is 3.60. The molecule has 1 aliphatic rings. The first kappa shape index (κ1) is 12.4. The fourth-order valence-corrected chi connectivity index (χ4v) is 2.81. The number of fused-ring (bicyclic) bond motifs is 1. The number of nitrogens with one attached hydrogen (secondary N) is 1. The minimum atomic E-state index is -0.165. The Morgan fingerprint density at radius 2 is 1.84 bits per heavy atom. The van der Waals surface area contributed by atoms with Crippen LogP contribution in [0.15, 0.2) is 48.5 Å². The summed E-state index contributed by atoms with van der Waals surface area (Å²) in [5.74, 6) is -0.165. The minimum Gasteiger partial charge on any atom is -0.310 e. The second kappa shape index (κ2) is 5.54. The second-order valence-corrected chi connectivity index (χ2v) is 5.12. The van der Waals surface area contributed by atoms with Gasteiger partial charge in [-0.2, -0.15) is 0 Å². The summed E-state index contributed by atoms with van der Waals surface area (Å²) in [6.07, 6.45) is 3.30. The molecule has 19 heavy (non-hydrogen) atoms. The van der Waals surface area contributed by atoms with Gasteiger partial charge in [0.15, 0.2) is 0 Å². The van der Waals surface area contributed by atoms with Crippen LogP contribution in [0, 0.1) is 5.82 Å². The van der Waals surface area contributed by atoms with Crippen molar-refractivity contribution in [3.05, 3.63) is 71.0 Å². The van der Waals surface area contributed by atoms with E-state index in [9.17, 15) is 4.39 Å². The van der Waals surface area contributed by atoms with Crippen molar-refractivity contribution in [2.24, 2.45) is 0 Å². The summed E-state index contributed by atoms with van der Waals surface area (Å²) in [4.78, 5) is 0. The molecule has 0 saturated carbocycles. The molecule has 1 nitrogen and oxygen atoms in total. The standard InChI is InChI=1S/C17H18FN/c18-15-8-5-13(6-9-15)11-12-19-17-10-7-14-3-1-2-4-16(14)17/h1-6,8-9,17,19H,7,10-12H2. The summed E-state index contributed by atoms with van der Waals surface area (Å²) in [5, 5.41) is 3.61. The lowest BCUT2D eigenvalue weighted by Gasteiger charge is -2.14. The predicted molar refractivity (Wildman–Crippen MR) is 75.6 cm³/mol. The first-order valence-corrected chi connectivity index (χ1v) is 6.88. The van der Waals surface area contributed by atoms with Crippen LogP contribution in [0.5, 0.6) is 0 Å². The van der Waals surface area contributed by atoms with Crippen molar-refractivity contribution in [3.8, 4) is 0 Å². The molecule has 0 fully saturated rings. The van der Waals surface area contributed by atoms with E-state index in [1.807, 2.05) is 12.1 Å². The second-order valence-electron chi connectivity index (χ2n) is 5.12. The molecular weight excluding hydrogens is 237 g/mol. The van der Waals surface area contributed by atoms with Gasteiger partial charge in [-0.05, 0) is 54.6 Å². The number of benzene rings is 2. The van der Waals surface area contributed by atoms with E-state index in [-0.39, 0.29) is 5.82 Å². The Morgan fingerprint density at radius 3 is 2.68 bits per heavy atom. The molecule has 2 aromatic carbocycles. The van der Waals surface area contributed by atoms with Gasteiger partial charge in [0.25, 0.3) is 0 Å². The lowest BCUT2D eigenvalue weighted by Crippen LogP contribution is -2.21. The van der Waals surface area contributed by atoms with E-state index in [0.29, 0.717) is 6.04 Å². The van der Waals surface area contributed by atoms with Crippen LogP contribution in [0.2, 0.25) is 0 Å². The van der Waals surface area contributed by atoms with Crippen molar-refractivity contribution in [1.29, 1.82) is 0 Å². The monoisotopic (exact) mass is 255 g/mol. The molecule has 0 saturated heterocycles. The molecule has 2 aromatic rings. The van der Waals surface area contributed by atoms with Crippen LogP contribution in [-0.4, -0.2) is 6.54 Å². The van der Waals surface area contributed by atoms with Crippen LogP contribution < -0.4 is 5.32 Å². The van der Waals surface area contributed by atoms with Gasteiger partial charge in [0.1, 0.15) is 5.82 Å². The van der Waals surface area contributed by atoms with Gasteiger partial charge >= 0.3 is 0 Å². The SMILES string of the molecule is Fc1ccc(CCNC2CCc3ccccc32)cc1. The summed E-state index contributed by atoms with van der Waals surface area (Å²) < 4.78 is 12.8. The van der Waals surface area contributed by atoms with Crippen molar-refractivity contribution >= 4 is 0 Å². The molecule has 0 amide bonds. The Balaban J connectivity index is 1.55. The Hall–Kier alpha value is -1.67. The molecule has 0 bridgehead atoms. The van der Waals surface area contributed by atoms with Gasteiger partial charge in [-0.1, -0.05) is 36.4 Å². The molecule has 1 atom stereocenters. The summed E-state index contributed by atoms with van der Waals surface area (Å²) in [7, 11) is 0. The third-order valence-corrected chi connectivity index (χ3v) is 3.85. The van der Waals surface area contributed by atoms with Crippen LogP contribution in [0.3, 0.4) is 0 Å². The Labute approximate surface area is 113 Å². The van der Waals surface area contributed by atoms with Gasteiger partial charge in [0, 0.05) is 6.04 Å². The van der Waals surface area contributed by atoms with E-state index in [0.717, 1.165) is 13.0 Å². The van der Waals surface area contributed by atoms with E-state index in [4.69, 9.17) is 0 Å². The topological polar surface area (TPSA) is 12.0 Å². The molecule has 0 heterocycles. The minimum absolute atomic E-state index is 0.165. The van der Waals surface area contributed by atoms with Gasteiger partial charge in [-0.15, -0.1) is 0 Å². The maximum absolute atomic E-state index is 12.8. The maximum Gasteiger partial charge on any atom is 0.123 e. The quantitative estimate of drug-likeness (QED) is 0.879. The molecule has 3 rings (SSSR count). The molecule has 1 aliphatic carbocycles. The van der Waals surface area contributed by atoms with Crippen LogP contribution in [-0.2, 0) is 12.8 Å². The fraction of sp³-hybridized carbons (Fsp3) is 0.294. The Morgan fingerprint density at radius 1 is 1.05 bits per heavy atom. The van der Waals surface area contributed by atoms with Crippen molar-refractivity contribution in [3.63, 3.8) is 0 Å². The molecule has 2 heteroatoms. The highest BCUT2D eigenvalue weighted by atomic mass is 19.1. The molecule has 0 aromatic heterocycles. The molecule has 0 spiro atoms. The first-order chi connectivity index (χ1) is 9.33. The molecule has 1 unspecified atom stereocenters. The van der Waals surface area contributed by atoms with Crippen LogP contribution in [0.1, 0.15) is 29.2 Å². The zero-order chi connectivity index (χ0) is 13.1. The number of rotatable bonds is 4. The lowest BCUT2D eigenvalue weighted by molar-refractivity contribution is 0.533. The smallest absolute Gasteiger partial charge is 0.123 e. The lowest BCUT2D eigenvalue weighted by atomic mass is 10.1. The van der Waals surface area contributed by atoms with Crippen LogP contribution >= 0.6 is 0 Å². The summed E-state index contributed by atoms with van der Waals surface area (Å²) in [5.41, 5.74) is 4.10. The third kappa shape index (κ3) is 2.85. The molecular formula is C17H18FN. The highest BCUT2D eigenvalue weighted by Gasteiger charge is 2.20. The van der Waals surface area contributed by atoms with E-state index in [2.05, 4.69) is 29.6 Å². The van der Waals surface area contributed by atoms with E-state index in [1.54, 1.807) is 0 Å². The fourth-order valence-electron chi connectivity index (χ4n) is 2.81. The highest BCUT2D eigenvalue weighted by molar-refractivity contribution is 5.34. The van der Waals surface area contributed by atoms with Gasteiger partial charge in [0.2, 0.25) is 0 Å². The molecule has 0 aliphatic heterocycles. The van der Waals surface area contributed by atoms with Crippen molar-refractivity contribution < 1.29 is 4.39 Å². The first-order valence-electron chi connectivity index (χ1n) is 6.88. The van der Waals surface area contributed by atoms with Gasteiger partial charge in [-0.25, -0.2) is 4.39 Å². The summed E-state index contributed by atoms with van der Waals surface area (Å²) in [6, 6.07) is 15.9. The molecule has 0 radical (unpaired) electrons. The highest BCUT2D eigenvalue weighted by Crippen LogP contribution is 2.30. The van der Waals surface area contributed by atoms with Crippen molar-refractivity contribution in [2.45, 2.75) is 25.3 Å². The van der Waals surface area contributed by atoms with Crippen molar-refractivity contribution in [2.75, 3.05) is 6.54 Å². The van der Waals surface area contributed by atoms with Crippen LogP contribution in [0.25, 0.3) is 0 Å². The van der Waals surface area contributed by atoms with E-state index < -0.39 is 0 Å². The van der Waals surface area contributed by atoms with Gasteiger partial charge < -0.3 is 5.32 Å². The zero-order valence-corrected chi connectivity index (χ0v) is 10.9. The van der Waals surface area contributed by atoms with Crippen molar-refractivity contribution in [1.82, 2.24) is 5.32 Å².